The number of piperidine rings is 1. The van der Waals surface area contributed by atoms with Gasteiger partial charge in [-0.2, -0.15) is 0 Å². The van der Waals surface area contributed by atoms with Crippen molar-refractivity contribution in [2.45, 2.75) is 18.9 Å². The maximum absolute atomic E-state index is 13.0. The molecule has 1 aliphatic heterocycles. The van der Waals surface area contributed by atoms with Gasteiger partial charge in [0.25, 0.3) is 5.91 Å². The zero-order chi connectivity index (χ0) is 14.5. The van der Waals surface area contributed by atoms with Gasteiger partial charge in [-0.1, -0.05) is 0 Å². The van der Waals surface area contributed by atoms with Crippen molar-refractivity contribution in [1.82, 2.24) is 4.90 Å². The Hall–Kier alpha value is -1.66. The fraction of sp³-hybridized carbons (Fsp3) is 0.500. The number of aliphatic hydroxyl groups excluding tert-OH is 1. The first-order chi connectivity index (χ1) is 9.61. The Kier molecular flexibility index (Phi) is 4.92. The molecule has 1 saturated heterocycles. The molecule has 6 heteroatoms. The zero-order valence-electron chi connectivity index (χ0n) is 11.2. The van der Waals surface area contributed by atoms with Crippen molar-refractivity contribution in [2.75, 3.05) is 32.0 Å². The summed E-state index contributed by atoms with van der Waals surface area (Å²) in [6.07, 6.45) is 1.54. The third-order valence-electron chi connectivity index (χ3n) is 3.42. The topological polar surface area (TPSA) is 75.8 Å². The third-order valence-corrected chi connectivity index (χ3v) is 3.42. The van der Waals surface area contributed by atoms with Gasteiger partial charge in [0.1, 0.15) is 5.82 Å². The van der Waals surface area contributed by atoms with E-state index in [0.29, 0.717) is 25.3 Å². The van der Waals surface area contributed by atoms with E-state index < -0.39 is 5.82 Å². The molecule has 1 aliphatic rings. The Balaban J connectivity index is 1.94. The summed E-state index contributed by atoms with van der Waals surface area (Å²) in [6.45, 7) is 1.48. The number of rotatable bonds is 4. The summed E-state index contributed by atoms with van der Waals surface area (Å²) >= 11 is 0. The maximum atomic E-state index is 13.0. The first-order valence-corrected chi connectivity index (χ1v) is 6.68. The van der Waals surface area contributed by atoms with E-state index >= 15 is 0 Å². The van der Waals surface area contributed by atoms with Crippen molar-refractivity contribution in [3.8, 4) is 0 Å². The van der Waals surface area contributed by atoms with Gasteiger partial charge in [0.15, 0.2) is 0 Å². The summed E-state index contributed by atoms with van der Waals surface area (Å²) in [5.41, 5.74) is 6.18. The Bertz CT molecular complexity index is 473. The lowest BCUT2D eigenvalue weighted by molar-refractivity contribution is -0.00552. The Morgan fingerprint density at radius 3 is 2.75 bits per heavy atom. The fourth-order valence-corrected chi connectivity index (χ4v) is 2.34. The van der Waals surface area contributed by atoms with E-state index in [9.17, 15) is 9.18 Å². The van der Waals surface area contributed by atoms with E-state index in [0.717, 1.165) is 18.9 Å². The maximum Gasteiger partial charge on any atom is 0.255 e. The molecule has 0 atom stereocenters. The van der Waals surface area contributed by atoms with E-state index in [-0.39, 0.29) is 24.3 Å². The minimum atomic E-state index is -0.449. The fourth-order valence-electron chi connectivity index (χ4n) is 2.34. The van der Waals surface area contributed by atoms with Gasteiger partial charge in [0, 0.05) is 18.8 Å². The number of benzene rings is 1. The normalized spacial score (nSPS) is 16.4. The molecule has 0 unspecified atom stereocenters. The van der Waals surface area contributed by atoms with Crippen molar-refractivity contribution in [3.63, 3.8) is 0 Å². The summed E-state index contributed by atoms with van der Waals surface area (Å²) in [4.78, 5) is 14.0. The summed E-state index contributed by atoms with van der Waals surface area (Å²) in [6, 6.07) is 3.81. The molecule has 1 aromatic rings. The van der Waals surface area contributed by atoms with Crippen LogP contribution in [0, 0.1) is 5.82 Å². The van der Waals surface area contributed by atoms with E-state index in [4.69, 9.17) is 15.6 Å². The second-order valence-corrected chi connectivity index (χ2v) is 4.82. The van der Waals surface area contributed by atoms with E-state index in [2.05, 4.69) is 0 Å². The number of likely N-dealkylation sites (tertiary alicyclic amines) is 1. The second-order valence-electron chi connectivity index (χ2n) is 4.82. The summed E-state index contributed by atoms with van der Waals surface area (Å²) < 4.78 is 18.4. The van der Waals surface area contributed by atoms with Gasteiger partial charge in [-0.15, -0.1) is 0 Å². The number of anilines is 1. The number of nitrogens with two attached hydrogens (primary N) is 1. The van der Waals surface area contributed by atoms with Crippen LogP contribution in [0.4, 0.5) is 10.1 Å². The number of ether oxygens (including phenoxy) is 1. The number of nitrogen functional groups attached to an aromatic ring is 1. The lowest BCUT2D eigenvalue weighted by Crippen LogP contribution is -2.41. The molecule has 0 saturated carbocycles. The molecule has 1 aromatic carbocycles. The number of hydrogen-bond acceptors (Lipinski definition) is 4. The van der Waals surface area contributed by atoms with Gasteiger partial charge in [-0.3, -0.25) is 4.79 Å². The van der Waals surface area contributed by atoms with Gasteiger partial charge in [-0.05, 0) is 31.0 Å². The minimum absolute atomic E-state index is 0.00522. The van der Waals surface area contributed by atoms with Crippen molar-refractivity contribution in [2.24, 2.45) is 0 Å². The van der Waals surface area contributed by atoms with Crippen LogP contribution in [0.15, 0.2) is 18.2 Å². The van der Waals surface area contributed by atoms with Gasteiger partial charge in [0.2, 0.25) is 0 Å². The molecule has 3 N–H and O–H groups in total. The van der Waals surface area contributed by atoms with Crippen LogP contribution < -0.4 is 5.73 Å². The quantitative estimate of drug-likeness (QED) is 0.809. The number of amides is 1. The monoisotopic (exact) mass is 282 g/mol. The lowest BCUT2D eigenvalue weighted by Gasteiger charge is -2.32. The number of aliphatic hydroxyl groups is 1. The van der Waals surface area contributed by atoms with Crippen molar-refractivity contribution in [3.05, 3.63) is 29.6 Å². The van der Waals surface area contributed by atoms with Crippen LogP contribution >= 0.6 is 0 Å². The average molecular weight is 282 g/mol. The van der Waals surface area contributed by atoms with Crippen LogP contribution in [0.5, 0.6) is 0 Å². The van der Waals surface area contributed by atoms with E-state index in [1.807, 2.05) is 0 Å². The molecule has 110 valence electrons. The SMILES string of the molecule is Nc1cc(F)ccc1C(=O)N1CCC(OCCO)CC1. The Labute approximate surface area is 117 Å². The molecule has 1 amide bonds. The summed E-state index contributed by atoms with van der Waals surface area (Å²) in [5, 5.41) is 8.70. The minimum Gasteiger partial charge on any atom is -0.398 e. The molecule has 1 fully saturated rings. The molecule has 0 spiro atoms. The van der Waals surface area contributed by atoms with Gasteiger partial charge < -0.3 is 20.5 Å². The van der Waals surface area contributed by atoms with E-state index in [1.54, 1.807) is 4.90 Å². The van der Waals surface area contributed by atoms with Crippen LogP contribution in [0.2, 0.25) is 0 Å². The summed E-state index contributed by atoms with van der Waals surface area (Å²) in [7, 11) is 0. The highest BCUT2D eigenvalue weighted by Crippen LogP contribution is 2.20. The molecule has 0 radical (unpaired) electrons. The molecule has 5 nitrogen and oxygen atoms in total. The van der Waals surface area contributed by atoms with Crippen LogP contribution in [0.25, 0.3) is 0 Å². The number of hydrogen-bond donors (Lipinski definition) is 2. The van der Waals surface area contributed by atoms with Gasteiger partial charge in [-0.25, -0.2) is 4.39 Å². The molecule has 2 rings (SSSR count). The number of nitrogens with zero attached hydrogens (tertiary/aromatic N) is 1. The smallest absolute Gasteiger partial charge is 0.255 e. The van der Waals surface area contributed by atoms with Gasteiger partial charge in [0.05, 0.1) is 24.9 Å². The molecule has 0 aliphatic carbocycles. The van der Waals surface area contributed by atoms with Crippen LogP contribution in [0.1, 0.15) is 23.2 Å². The second kappa shape index (κ2) is 6.67. The van der Waals surface area contributed by atoms with Gasteiger partial charge >= 0.3 is 0 Å². The standard InChI is InChI=1S/C14H19FN2O3/c15-10-1-2-12(13(16)9-10)14(19)17-5-3-11(4-6-17)20-8-7-18/h1-2,9,11,18H,3-8,16H2. The van der Waals surface area contributed by atoms with Crippen molar-refractivity contribution < 1.29 is 19.0 Å². The first kappa shape index (κ1) is 14.7. The number of carbonyl (C=O) groups excluding carboxylic acids is 1. The lowest BCUT2D eigenvalue weighted by atomic mass is 10.1. The number of halogens is 1. The number of carbonyl (C=O) groups is 1. The largest absolute Gasteiger partial charge is 0.398 e. The summed E-state index contributed by atoms with van der Waals surface area (Å²) in [5.74, 6) is -0.627. The predicted molar refractivity (Wildman–Crippen MR) is 72.8 cm³/mol. The molecule has 0 bridgehead atoms. The van der Waals surface area contributed by atoms with Crippen LogP contribution in [0.3, 0.4) is 0 Å². The van der Waals surface area contributed by atoms with E-state index in [1.165, 1.54) is 12.1 Å². The first-order valence-electron chi connectivity index (χ1n) is 6.68. The van der Waals surface area contributed by atoms with Crippen LogP contribution in [-0.2, 0) is 4.74 Å². The van der Waals surface area contributed by atoms with Crippen LogP contribution in [-0.4, -0.2) is 48.3 Å². The Morgan fingerprint density at radius 2 is 2.15 bits per heavy atom. The molecule has 1 heterocycles. The van der Waals surface area contributed by atoms with Crippen molar-refractivity contribution in [1.29, 1.82) is 0 Å². The highest BCUT2D eigenvalue weighted by atomic mass is 19.1. The molecule has 20 heavy (non-hydrogen) atoms. The average Bonchev–Trinajstić information content (AvgIpc) is 2.45. The van der Waals surface area contributed by atoms with Crippen molar-refractivity contribution >= 4 is 11.6 Å². The Morgan fingerprint density at radius 1 is 1.45 bits per heavy atom. The molecular weight excluding hydrogens is 263 g/mol. The highest BCUT2D eigenvalue weighted by molar-refractivity contribution is 5.99. The molecular formula is C14H19FN2O3. The highest BCUT2D eigenvalue weighted by Gasteiger charge is 2.25. The third kappa shape index (κ3) is 3.46. The molecule has 0 aromatic heterocycles. The predicted octanol–water partition coefficient (Wildman–Crippen LogP) is 1.02. The zero-order valence-corrected chi connectivity index (χ0v) is 11.2.